The van der Waals surface area contributed by atoms with Crippen molar-refractivity contribution >= 4 is 32.6 Å². The van der Waals surface area contributed by atoms with Gasteiger partial charge in [-0.3, -0.25) is 0 Å². The zero-order valence-corrected chi connectivity index (χ0v) is 22.3. The SMILES string of the molecule is CC(C)(C)OB(O)Oc1cc2cc(O[Si](C)(C)C(C)(C)C)ccc2n1C(=O)OC(C)(C)C. The van der Waals surface area contributed by atoms with Crippen LogP contribution in [0.1, 0.15) is 62.3 Å². The monoisotopic (exact) mass is 463 g/mol. The molecule has 0 aliphatic heterocycles. The Labute approximate surface area is 193 Å². The maximum Gasteiger partial charge on any atom is 0.711 e. The summed E-state index contributed by atoms with van der Waals surface area (Å²) in [5.41, 5.74) is -0.747. The van der Waals surface area contributed by atoms with Gasteiger partial charge in [0, 0.05) is 17.1 Å². The fraction of sp³-hybridized carbons (Fsp3) is 0.609. The van der Waals surface area contributed by atoms with Crippen LogP contribution >= 0.6 is 0 Å². The van der Waals surface area contributed by atoms with Crippen LogP contribution in [0.5, 0.6) is 11.6 Å². The molecule has 2 rings (SSSR count). The number of benzene rings is 1. The summed E-state index contributed by atoms with van der Waals surface area (Å²) in [6.45, 7) is 21.7. The molecule has 0 unspecified atom stereocenters. The third kappa shape index (κ3) is 6.76. The predicted molar refractivity (Wildman–Crippen MR) is 131 cm³/mol. The second-order valence-corrected chi connectivity index (χ2v) is 16.3. The summed E-state index contributed by atoms with van der Waals surface area (Å²) in [5, 5.41) is 11.0. The number of carbonyl (C=O) groups is 1. The summed E-state index contributed by atoms with van der Waals surface area (Å²) in [7, 11) is -3.59. The van der Waals surface area contributed by atoms with Gasteiger partial charge in [-0.2, -0.15) is 0 Å². The van der Waals surface area contributed by atoms with Gasteiger partial charge < -0.3 is 23.5 Å². The van der Waals surface area contributed by atoms with Crippen molar-refractivity contribution < 1.29 is 28.3 Å². The van der Waals surface area contributed by atoms with Gasteiger partial charge in [0.05, 0.1) is 5.52 Å². The Morgan fingerprint density at radius 2 is 1.56 bits per heavy atom. The molecular weight excluding hydrogens is 425 g/mol. The molecule has 9 heteroatoms. The van der Waals surface area contributed by atoms with Crippen LogP contribution in [0.4, 0.5) is 4.79 Å². The number of carbonyl (C=O) groups excluding carboxylic acids is 1. The average molecular weight is 463 g/mol. The zero-order valence-electron chi connectivity index (χ0n) is 21.3. The van der Waals surface area contributed by atoms with Crippen molar-refractivity contribution in [3.63, 3.8) is 0 Å². The zero-order chi connectivity index (χ0) is 24.7. The summed E-state index contributed by atoms with van der Waals surface area (Å²) in [6, 6.07) is 7.19. The van der Waals surface area contributed by atoms with E-state index in [1.54, 1.807) is 53.7 Å². The quantitative estimate of drug-likeness (QED) is 0.550. The molecule has 1 heterocycles. The van der Waals surface area contributed by atoms with Crippen LogP contribution < -0.4 is 9.08 Å². The first-order valence-electron chi connectivity index (χ1n) is 10.9. The largest absolute Gasteiger partial charge is 0.711 e. The Balaban J connectivity index is 2.50. The maximum absolute atomic E-state index is 13.0. The predicted octanol–water partition coefficient (Wildman–Crippen LogP) is 5.98. The number of aromatic nitrogens is 1. The minimum atomic E-state index is -2.04. The van der Waals surface area contributed by atoms with Crippen LogP contribution in [0.15, 0.2) is 24.3 Å². The summed E-state index contributed by atoms with van der Waals surface area (Å²) >= 11 is 0. The molecule has 0 amide bonds. The van der Waals surface area contributed by atoms with Gasteiger partial charge >= 0.3 is 13.4 Å². The van der Waals surface area contributed by atoms with E-state index in [-0.39, 0.29) is 10.9 Å². The fourth-order valence-corrected chi connectivity index (χ4v) is 3.71. The Kier molecular flexibility index (Phi) is 7.20. The van der Waals surface area contributed by atoms with E-state index in [0.29, 0.717) is 5.52 Å². The normalized spacial score (nSPS) is 13.2. The van der Waals surface area contributed by atoms with Crippen LogP contribution in [0, 0.1) is 0 Å². The van der Waals surface area contributed by atoms with Crippen molar-refractivity contribution in [2.75, 3.05) is 0 Å². The lowest BCUT2D eigenvalue weighted by molar-refractivity contribution is 0.0516. The van der Waals surface area contributed by atoms with Crippen molar-refractivity contribution in [1.29, 1.82) is 0 Å². The van der Waals surface area contributed by atoms with Crippen LogP contribution in [0.3, 0.4) is 0 Å². The van der Waals surface area contributed by atoms with Crippen molar-refractivity contribution in [2.45, 2.75) is 91.6 Å². The lowest BCUT2D eigenvalue weighted by atomic mass is 10.1. The second kappa shape index (κ2) is 8.76. The molecule has 0 spiro atoms. The number of nitrogens with zero attached hydrogens (tertiary/aromatic N) is 1. The van der Waals surface area contributed by atoms with Crippen LogP contribution in [-0.2, 0) is 9.39 Å². The number of rotatable bonds is 5. The maximum atomic E-state index is 13.0. The molecule has 0 saturated heterocycles. The van der Waals surface area contributed by atoms with E-state index in [1.807, 2.05) is 12.1 Å². The van der Waals surface area contributed by atoms with Gasteiger partial charge in [0.1, 0.15) is 11.4 Å². The molecule has 0 bridgehead atoms. The van der Waals surface area contributed by atoms with Gasteiger partial charge in [0.2, 0.25) is 8.32 Å². The van der Waals surface area contributed by atoms with Crippen molar-refractivity contribution in [3.05, 3.63) is 24.3 Å². The topological polar surface area (TPSA) is 79.2 Å². The Bertz CT molecular complexity index is 966. The summed E-state index contributed by atoms with van der Waals surface area (Å²) in [6.07, 6.45) is -0.608. The van der Waals surface area contributed by atoms with E-state index < -0.39 is 32.9 Å². The first kappa shape index (κ1) is 26.3. The third-order valence-corrected chi connectivity index (χ3v) is 9.53. The first-order chi connectivity index (χ1) is 14.3. The third-order valence-electron chi connectivity index (χ3n) is 5.17. The molecule has 0 atom stereocenters. The fourth-order valence-electron chi connectivity index (χ4n) is 2.69. The molecule has 7 nitrogen and oxygen atoms in total. The molecule has 0 aliphatic carbocycles. The molecular formula is C23H38BNO6Si. The van der Waals surface area contributed by atoms with Gasteiger partial charge in [-0.25, -0.2) is 9.36 Å². The van der Waals surface area contributed by atoms with Crippen molar-refractivity contribution in [3.8, 4) is 11.6 Å². The van der Waals surface area contributed by atoms with E-state index in [4.69, 9.17) is 18.5 Å². The number of ether oxygens (including phenoxy) is 1. The number of fused-ring (bicyclic) bond motifs is 1. The highest BCUT2D eigenvalue weighted by Crippen LogP contribution is 2.38. The van der Waals surface area contributed by atoms with Crippen molar-refractivity contribution in [1.82, 2.24) is 4.57 Å². The van der Waals surface area contributed by atoms with Crippen molar-refractivity contribution in [2.24, 2.45) is 0 Å². The minimum Gasteiger partial charge on any atom is -0.543 e. The van der Waals surface area contributed by atoms with E-state index in [0.717, 1.165) is 11.1 Å². The highest BCUT2D eigenvalue weighted by molar-refractivity contribution is 6.74. The lowest BCUT2D eigenvalue weighted by Gasteiger charge is -2.36. The Hall–Kier alpha value is -1.97. The van der Waals surface area contributed by atoms with Gasteiger partial charge in [0.25, 0.3) is 0 Å². The summed E-state index contributed by atoms with van der Waals surface area (Å²) < 4.78 is 24.3. The Morgan fingerprint density at radius 3 is 2.06 bits per heavy atom. The molecule has 1 aromatic heterocycles. The molecule has 2 aromatic rings. The number of hydrogen-bond donors (Lipinski definition) is 1. The van der Waals surface area contributed by atoms with Gasteiger partial charge in [-0.1, -0.05) is 20.8 Å². The van der Waals surface area contributed by atoms with Crippen LogP contribution in [0.2, 0.25) is 18.1 Å². The van der Waals surface area contributed by atoms with Gasteiger partial charge in [0.15, 0.2) is 5.88 Å². The summed E-state index contributed by atoms with van der Waals surface area (Å²) in [5.74, 6) is 0.846. The smallest absolute Gasteiger partial charge is 0.543 e. The van der Waals surface area contributed by atoms with Gasteiger partial charge in [-0.05, 0) is 77.9 Å². The molecule has 0 aliphatic rings. The molecule has 0 fully saturated rings. The highest BCUT2D eigenvalue weighted by Gasteiger charge is 2.39. The molecule has 0 radical (unpaired) electrons. The highest BCUT2D eigenvalue weighted by atomic mass is 28.4. The van der Waals surface area contributed by atoms with E-state index in [1.165, 1.54) is 4.57 Å². The minimum absolute atomic E-state index is 0.0487. The lowest BCUT2D eigenvalue weighted by Crippen LogP contribution is -2.43. The van der Waals surface area contributed by atoms with E-state index in [9.17, 15) is 9.82 Å². The van der Waals surface area contributed by atoms with E-state index in [2.05, 4.69) is 33.9 Å². The second-order valence-electron chi connectivity index (χ2n) is 11.5. The van der Waals surface area contributed by atoms with E-state index >= 15 is 0 Å². The molecule has 0 saturated carbocycles. The molecule has 178 valence electrons. The average Bonchev–Trinajstić information content (AvgIpc) is 2.86. The Morgan fingerprint density at radius 1 is 0.969 bits per heavy atom. The number of hydrogen-bond acceptors (Lipinski definition) is 6. The standard InChI is InChI=1S/C23H38BNO6Si/c1-21(2,3)28-20(26)25-18-13-12-17(30-32(10,11)23(7,8)9)14-16(18)15-19(25)29-24(27)31-22(4,5)6/h12-15,27H,1-11H3. The molecule has 1 N–H and O–H groups in total. The molecule has 1 aromatic carbocycles. The van der Waals surface area contributed by atoms with Crippen LogP contribution in [-0.4, -0.2) is 42.5 Å². The first-order valence-corrected chi connectivity index (χ1v) is 13.8. The van der Waals surface area contributed by atoms with Crippen LogP contribution in [0.25, 0.3) is 10.9 Å². The summed E-state index contributed by atoms with van der Waals surface area (Å²) in [4.78, 5) is 13.0. The van der Waals surface area contributed by atoms with Gasteiger partial charge in [-0.15, -0.1) is 0 Å². The molecule has 32 heavy (non-hydrogen) atoms.